The minimum absolute atomic E-state index is 0.111. The Balaban J connectivity index is 1.83. The summed E-state index contributed by atoms with van der Waals surface area (Å²) >= 11 is 0. The molecule has 36 heavy (non-hydrogen) atoms. The van der Waals surface area contributed by atoms with Gasteiger partial charge in [0.05, 0.1) is 10.9 Å². The predicted molar refractivity (Wildman–Crippen MR) is 141 cm³/mol. The van der Waals surface area contributed by atoms with Crippen molar-refractivity contribution < 1.29 is 23.1 Å². The zero-order valence-corrected chi connectivity index (χ0v) is 22.7. The summed E-state index contributed by atoms with van der Waals surface area (Å²) in [6, 6.07) is 10.6. The monoisotopic (exact) mass is 517 g/mol. The first-order chi connectivity index (χ1) is 17.0. The summed E-state index contributed by atoms with van der Waals surface area (Å²) in [6.45, 7) is 13.0. The third kappa shape index (κ3) is 6.45. The number of aryl methyl sites for hydroxylation is 1. The molecule has 0 unspecified atom stereocenters. The highest BCUT2D eigenvalue weighted by Gasteiger charge is 2.44. The van der Waals surface area contributed by atoms with Crippen LogP contribution in [0.1, 0.15) is 68.6 Å². The first-order valence-electron chi connectivity index (χ1n) is 12.6. The van der Waals surface area contributed by atoms with E-state index in [1.807, 2.05) is 6.92 Å². The molecule has 0 bridgehead atoms. The van der Waals surface area contributed by atoms with Crippen molar-refractivity contribution in [2.75, 3.05) is 26.2 Å². The number of hydrogen-bond donors (Lipinski definition) is 3. The summed E-state index contributed by atoms with van der Waals surface area (Å²) in [5, 5.41) is 14.0. The normalized spacial score (nSPS) is 19.0. The van der Waals surface area contributed by atoms with Crippen LogP contribution in [-0.4, -0.2) is 62.2 Å². The highest BCUT2D eigenvalue weighted by atomic mass is 32.2. The van der Waals surface area contributed by atoms with Crippen molar-refractivity contribution >= 4 is 15.9 Å². The maximum Gasteiger partial charge on any atom is 0.251 e. The lowest BCUT2D eigenvalue weighted by molar-refractivity contribution is -0.0603. The average Bonchev–Trinajstić information content (AvgIpc) is 2.86. The molecule has 0 saturated heterocycles. The Labute approximate surface area is 215 Å². The standard InChI is InChI=1S/C27H39N3O5S/c1-6-19-10-13-21(14-11-19)36(33,34)29-24-22-18-20(12-15-23(22)35-27(4,5)25(24)31)26(32)28-16-9-17-30(7-2)8-3/h10-15,18,24-25,29,31H,6-9,16-17H2,1-5H3,(H,28,32)/t24-,25+/m1/s1. The highest BCUT2D eigenvalue weighted by Crippen LogP contribution is 2.41. The van der Waals surface area contributed by atoms with E-state index in [0.717, 1.165) is 38.0 Å². The van der Waals surface area contributed by atoms with Gasteiger partial charge in [-0.25, -0.2) is 13.1 Å². The number of ether oxygens (including phenoxy) is 1. The third-order valence-electron chi connectivity index (χ3n) is 6.76. The Morgan fingerprint density at radius 2 is 1.75 bits per heavy atom. The number of fused-ring (bicyclic) bond motifs is 1. The molecule has 1 aliphatic rings. The van der Waals surface area contributed by atoms with E-state index in [2.05, 4.69) is 28.8 Å². The van der Waals surface area contributed by atoms with Crippen molar-refractivity contribution in [2.24, 2.45) is 0 Å². The number of carbonyl (C=O) groups excluding carboxylic acids is 1. The zero-order chi connectivity index (χ0) is 26.5. The SMILES string of the molecule is CCc1ccc(S(=O)(=O)N[C@@H]2c3cc(C(=O)NCCCN(CC)CC)ccc3OC(C)(C)[C@H]2O)cc1. The van der Waals surface area contributed by atoms with Crippen LogP contribution in [0.4, 0.5) is 0 Å². The van der Waals surface area contributed by atoms with E-state index in [-0.39, 0.29) is 10.8 Å². The van der Waals surface area contributed by atoms with Gasteiger partial charge < -0.3 is 20.1 Å². The fraction of sp³-hybridized carbons (Fsp3) is 0.519. The largest absolute Gasteiger partial charge is 0.485 e. The van der Waals surface area contributed by atoms with Crippen LogP contribution in [0.2, 0.25) is 0 Å². The number of benzene rings is 2. The molecule has 198 valence electrons. The van der Waals surface area contributed by atoms with Gasteiger partial charge in [-0.2, -0.15) is 0 Å². The first kappa shape index (κ1) is 28.1. The van der Waals surface area contributed by atoms with Crippen LogP contribution in [0.15, 0.2) is 47.4 Å². The molecule has 2 aromatic rings. The van der Waals surface area contributed by atoms with E-state index in [4.69, 9.17) is 4.74 Å². The Morgan fingerprint density at radius 3 is 2.36 bits per heavy atom. The topological polar surface area (TPSA) is 108 Å². The molecule has 1 heterocycles. The number of sulfonamides is 1. The van der Waals surface area contributed by atoms with Crippen LogP contribution in [0.3, 0.4) is 0 Å². The summed E-state index contributed by atoms with van der Waals surface area (Å²) in [6.07, 6.45) is 0.448. The minimum atomic E-state index is -3.95. The molecule has 9 heteroatoms. The highest BCUT2D eigenvalue weighted by molar-refractivity contribution is 7.89. The summed E-state index contributed by atoms with van der Waals surface area (Å²) in [4.78, 5) is 15.2. The Morgan fingerprint density at radius 1 is 1.08 bits per heavy atom. The van der Waals surface area contributed by atoms with E-state index in [9.17, 15) is 18.3 Å². The van der Waals surface area contributed by atoms with Gasteiger partial charge in [-0.15, -0.1) is 0 Å². The molecule has 3 N–H and O–H groups in total. The van der Waals surface area contributed by atoms with Crippen molar-refractivity contribution in [3.63, 3.8) is 0 Å². The molecule has 0 radical (unpaired) electrons. The Kier molecular flexibility index (Phi) is 9.16. The van der Waals surface area contributed by atoms with Crippen molar-refractivity contribution in [3.8, 4) is 5.75 Å². The summed E-state index contributed by atoms with van der Waals surface area (Å²) in [5.74, 6) is 0.172. The third-order valence-corrected chi connectivity index (χ3v) is 8.22. The summed E-state index contributed by atoms with van der Waals surface area (Å²) in [5.41, 5.74) is 0.787. The number of hydrogen-bond acceptors (Lipinski definition) is 6. The molecule has 1 amide bonds. The van der Waals surface area contributed by atoms with Gasteiger partial charge in [0.25, 0.3) is 5.91 Å². The average molecular weight is 518 g/mol. The van der Waals surface area contributed by atoms with E-state index in [1.165, 1.54) is 0 Å². The summed E-state index contributed by atoms with van der Waals surface area (Å²) < 4.78 is 35.1. The maximum absolute atomic E-state index is 13.2. The van der Waals surface area contributed by atoms with Crippen LogP contribution < -0.4 is 14.8 Å². The summed E-state index contributed by atoms with van der Waals surface area (Å²) in [7, 11) is -3.95. The number of nitrogens with one attached hydrogen (secondary N) is 2. The number of aliphatic hydroxyl groups is 1. The second-order valence-electron chi connectivity index (χ2n) is 9.64. The molecule has 0 aliphatic carbocycles. The van der Waals surface area contributed by atoms with Crippen molar-refractivity contribution in [3.05, 3.63) is 59.2 Å². The van der Waals surface area contributed by atoms with E-state index in [1.54, 1.807) is 56.3 Å². The van der Waals surface area contributed by atoms with E-state index < -0.39 is 27.8 Å². The Bertz CT molecular complexity index is 1140. The lowest BCUT2D eigenvalue weighted by atomic mass is 9.86. The van der Waals surface area contributed by atoms with Gasteiger partial charge in [0.1, 0.15) is 17.5 Å². The molecule has 0 aromatic heterocycles. The molecular weight excluding hydrogens is 478 g/mol. The van der Waals surface area contributed by atoms with Crippen LogP contribution in [-0.2, 0) is 16.4 Å². The lowest BCUT2D eigenvalue weighted by Gasteiger charge is -2.42. The van der Waals surface area contributed by atoms with Crippen molar-refractivity contribution in [1.82, 2.24) is 14.9 Å². The molecule has 2 aromatic carbocycles. The van der Waals surface area contributed by atoms with Crippen LogP contribution in [0.25, 0.3) is 0 Å². The van der Waals surface area contributed by atoms with Crippen LogP contribution >= 0.6 is 0 Å². The number of aliphatic hydroxyl groups excluding tert-OH is 1. The predicted octanol–water partition coefficient (Wildman–Crippen LogP) is 3.26. The van der Waals surface area contributed by atoms with Gasteiger partial charge in [-0.1, -0.05) is 32.9 Å². The molecule has 3 rings (SSSR count). The number of nitrogens with zero attached hydrogens (tertiary/aromatic N) is 1. The van der Waals surface area contributed by atoms with E-state index in [0.29, 0.717) is 23.4 Å². The number of amides is 1. The molecule has 0 fully saturated rings. The second kappa shape index (κ2) is 11.7. The molecule has 8 nitrogen and oxygen atoms in total. The van der Waals surface area contributed by atoms with Gasteiger partial charge in [0, 0.05) is 17.7 Å². The van der Waals surface area contributed by atoms with Gasteiger partial charge in [0.2, 0.25) is 10.0 Å². The number of rotatable bonds is 11. The maximum atomic E-state index is 13.2. The Hall–Kier alpha value is -2.46. The smallest absolute Gasteiger partial charge is 0.251 e. The fourth-order valence-corrected chi connectivity index (χ4v) is 5.58. The van der Waals surface area contributed by atoms with Gasteiger partial charge >= 0.3 is 0 Å². The van der Waals surface area contributed by atoms with Crippen molar-refractivity contribution in [2.45, 2.75) is 70.1 Å². The molecule has 1 aliphatic heterocycles. The number of carbonyl (C=O) groups is 1. The second-order valence-corrected chi connectivity index (χ2v) is 11.3. The lowest BCUT2D eigenvalue weighted by Crippen LogP contribution is -2.53. The fourth-order valence-electron chi connectivity index (χ4n) is 4.35. The zero-order valence-electron chi connectivity index (χ0n) is 21.9. The van der Waals surface area contributed by atoms with Crippen molar-refractivity contribution in [1.29, 1.82) is 0 Å². The molecule has 2 atom stereocenters. The van der Waals surface area contributed by atoms with Crippen LogP contribution in [0, 0.1) is 0 Å². The van der Waals surface area contributed by atoms with Gasteiger partial charge in [0.15, 0.2) is 0 Å². The molecule has 0 saturated carbocycles. The first-order valence-corrected chi connectivity index (χ1v) is 14.1. The van der Waals surface area contributed by atoms with Gasteiger partial charge in [-0.05, 0) is 82.2 Å². The van der Waals surface area contributed by atoms with Gasteiger partial charge in [-0.3, -0.25) is 4.79 Å². The van der Waals surface area contributed by atoms with Crippen LogP contribution in [0.5, 0.6) is 5.75 Å². The molecule has 0 spiro atoms. The minimum Gasteiger partial charge on any atom is -0.485 e. The molecular formula is C27H39N3O5S. The quantitative estimate of drug-likeness (QED) is 0.395. The van der Waals surface area contributed by atoms with E-state index >= 15 is 0 Å².